The van der Waals surface area contributed by atoms with Crippen molar-refractivity contribution in [2.45, 2.75) is 6.42 Å². The average Bonchev–Trinajstić information content (AvgIpc) is 2.44. The third kappa shape index (κ3) is 1.91. The molecule has 3 heteroatoms. The molecule has 0 aliphatic carbocycles. The fourth-order valence-electron chi connectivity index (χ4n) is 2.10. The molecule has 0 saturated carbocycles. The van der Waals surface area contributed by atoms with Crippen molar-refractivity contribution in [3.05, 3.63) is 65.9 Å². The van der Waals surface area contributed by atoms with Crippen LogP contribution in [0.4, 0.5) is 5.82 Å². The molecular weight excluding hydrogens is 222 g/mol. The number of aromatic nitrogens is 2. The maximum Gasteiger partial charge on any atom is 0.153 e. The van der Waals surface area contributed by atoms with Gasteiger partial charge in [0.15, 0.2) is 5.82 Å². The molecule has 1 aromatic heterocycles. The average molecular weight is 235 g/mol. The zero-order valence-electron chi connectivity index (χ0n) is 9.88. The first-order valence-corrected chi connectivity index (χ1v) is 5.88. The van der Waals surface area contributed by atoms with Crippen LogP contribution in [0.1, 0.15) is 11.3 Å². The fraction of sp³-hybridized carbons (Fsp3) is 0.0667. The molecule has 0 aliphatic heterocycles. The van der Waals surface area contributed by atoms with Crippen LogP contribution in [-0.2, 0) is 6.42 Å². The summed E-state index contributed by atoms with van der Waals surface area (Å²) in [5, 5.41) is 10.3. The summed E-state index contributed by atoms with van der Waals surface area (Å²) in [6, 6.07) is 18.2. The van der Waals surface area contributed by atoms with Gasteiger partial charge in [0.2, 0.25) is 0 Å². The van der Waals surface area contributed by atoms with Crippen molar-refractivity contribution < 1.29 is 0 Å². The highest BCUT2D eigenvalue weighted by molar-refractivity contribution is 5.92. The normalized spacial score (nSPS) is 10.7. The summed E-state index contributed by atoms with van der Waals surface area (Å²) >= 11 is 0. The van der Waals surface area contributed by atoms with Gasteiger partial charge in [-0.25, -0.2) is 0 Å². The zero-order chi connectivity index (χ0) is 12.4. The van der Waals surface area contributed by atoms with Gasteiger partial charge in [-0.1, -0.05) is 54.6 Å². The molecule has 0 amide bonds. The zero-order valence-corrected chi connectivity index (χ0v) is 9.88. The lowest BCUT2D eigenvalue weighted by atomic mass is 10.0. The number of hydrogen-bond donors (Lipinski definition) is 1. The van der Waals surface area contributed by atoms with Gasteiger partial charge in [0.05, 0.1) is 5.69 Å². The van der Waals surface area contributed by atoms with Crippen LogP contribution >= 0.6 is 0 Å². The molecule has 88 valence electrons. The molecular formula is C15H13N3. The van der Waals surface area contributed by atoms with E-state index < -0.39 is 0 Å². The Bertz CT molecular complexity index is 678. The first-order valence-electron chi connectivity index (χ1n) is 5.88. The molecule has 2 aromatic carbocycles. The molecule has 2 N–H and O–H groups in total. The highest BCUT2D eigenvalue weighted by Crippen LogP contribution is 2.22. The second-order valence-electron chi connectivity index (χ2n) is 4.24. The summed E-state index contributed by atoms with van der Waals surface area (Å²) in [5.41, 5.74) is 8.03. The summed E-state index contributed by atoms with van der Waals surface area (Å²) in [6.45, 7) is 0. The first-order chi connectivity index (χ1) is 8.84. The van der Waals surface area contributed by atoms with Crippen molar-refractivity contribution in [1.82, 2.24) is 10.2 Å². The number of nitrogens with zero attached hydrogens (tertiary/aromatic N) is 2. The van der Waals surface area contributed by atoms with Crippen molar-refractivity contribution in [3.63, 3.8) is 0 Å². The molecule has 18 heavy (non-hydrogen) atoms. The van der Waals surface area contributed by atoms with Gasteiger partial charge in [0, 0.05) is 17.2 Å². The number of hydrogen-bond acceptors (Lipinski definition) is 3. The maximum atomic E-state index is 5.84. The lowest BCUT2D eigenvalue weighted by Crippen LogP contribution is -2.01. The van der Waals surface area contributed by atoms with E-state index in [9.17, 15) is 0 Å². The third-order valence-corrected chi connectivity index (χ3v) is 3.01. The Labute approximate surface area is 105 Å². The predicted molar refractivity (Wildman–Crippen MR) is 73.2 cm³/mol. The monoisotopic (exact) mass is 235 g/mol. The number of anilines is 1. The minimum absolute atomic E-state index is 0.488. The summed E-state index contributed by atoms with van der Waals surface area (Å²) in [7, 11) is 0. The van der Waals surface area contributed by atoms with Crippen molar-refractivity contribution in [3.8, 4) is 0 Å². The van der Waals surface area contributed by atoms with Crippen LogP contribution in [0.3, 0.4) is 0 Å². The second-order valence-corrected chi connectivity index (χ2v) is 4.24. The van der Waals surface area contributed by atoms with E-state index in [0.29, 0.717) is 5.82 Å². The number of rotatable bonds is 2. The van der Waals surface area contributed by atoms with Crippen LogP contribution in [0.5, 0.6) is 0 Å². The topological polar surface area (TPSA) is 51.8 Å². The number of fused-ring (bicyclic) bond motifs is 1. The highest BCUT2D eigenvalue weighted by atomic mass is 15.1. The van der Waals surface area contributed by atoms with Crippen LogP contribution in [0.25, 0.3) is 10.8 Å². The van der Waals surface area contributed by atoms with E-state index in [1.54, 1.807) is 0 Å². The van der Waals surface area contributed by atoms with Crippen LogP contribution in [0, 0.1) is 0 Å². The molecule has 0 fully saturated rings. The van der Waals surface area contributed by atoms with Gasteiger partial charge in [-0.15, -0.1) is 5.10 Å². The number of benzene rings is 2. The Balaban J connectivity index is 2.10. The highest BCUT2D eigenvalue weighted by Gasteiger charge is 2.07. The van der Waals surface area contributed by atoms with Gasteiger partial charge in [0.25, 0.3) is 0 Å². The van der Waals surface area contributed by atoms with Crippen LogP contribution in [0.2, 0.25) is 0 Å². The summed E-state index contributed by atoms with van der Waals surface area (Å²) < 4.78 is 0. The van der Waals surface area contributed by atoms with Crippen LogP contribution < -0.4 is 5.73 Å². The van der Waals surface area contributed by atoms with Crippen molar-refractivity contribution in [2.75, 3.05) is 5.73 Å². The fourth-order valence-corrected chi connectivity index (χ4v) is 2.10. The van der Waals surface area contributed by atoms with E-state index in [1.807, 2.05) is 42.5 Å². The van der Waals surface area contributed by atoms with Crippen LogP contribution in [-0.4, -0.2) is 10.2 Å². The minimum atomic E-state index is 0.488. The van der Waals surface area contributed by atoms with E-state index >= 15 is 0 Å². The molecule has 0 unspecified atom stereocenters. The van der Waals surface area contributed by atoms with E-state index in [0.717, 1.165) is 22.9 Å². The molecule has 3 rings (SSSR count). The van der Waals surface area contributed by atoms with E-state index in [-0.39, 0.29) is 0 Å². The van der Waals surface area contributed by atoms with E-state index in [4.69, 9.17) is 5.73 Å². The summed E-state index contributed by atoms with van der Waals surface area (Å²) in [4.78, 5) is 0. The quantitative estimate of drug-likeness (QED) is 0.743. The van der Waals surface area contributed by atoms with E-state index in [2.05, 4.69) is 22.3 Å². The Kier molecular flexibility index (Phi) is 2.65. The maximum absolute atomic E-state index is 5.84. The molecule has 3 nitrogen and oxygen atoms in total. The number of nitrogen functional groups attached to an aromatic ring is 1. The molecule has 1 heterocycles. The summed E-state index contributed by atoms with van der Waals surface area (Å²) in [5.74, 6) is 0.488. The largest absolute Gasteiger partial charge is 0.382 e. The molecule has 0 spiro atoms. The van der Waals surface area contributed by atoms with Crippen LogP contribution in [0.15, 0.2) is 54.6 Å². The lowest BCUT2D eigenvalue weighted by Gasteiger charge is -2.06. The van der Waals surface area contributed by atoms with Gasteiger partial charge >= 0.3 is 0 Å². The van der Waals surface area contributed by atoms with Gasteiger partial charge in [-0.2, -0.15) is 5.10 Å². The SMILES string of the molecule is Nc1nnc(Cc2ccccc2)c2ccccc12. The lowest BCUT2D eigenvalue weighted by molar-refractivity contribution is 0.965. The smallest absolute Gasteiger partial charge is 0.153 e. The van der Waals surface area contributed by atoms with Gasteiger partial charge in [-0.3, -0.25) is 0 Å². The van der Waals surface area contributed by atoms with Crippen molar-refractivity contribution in [1.29, 1.82) is 0 Å². The molecule has 0 radical (unpaired) electrons. The Morgan fingerprint density at radius 1 is 0.778 bits per heavy atom. The molecule has 0 atom stereocenters. The molecule has 0 saturated heterocycles. The Morgan fingerprint density at radius 3 is 2.22 bits per heavy atom. The summed E-state index contributed by atoms with van der Waals surface area (Å²) in [6.07, 6.45) is 0.772. The van der Waals surface area contributed by atoms with Gasteiger partial charge in [-0.05, 0) is 5.56 Å². The second kappa shape index (κ2) is 4.45. The number of nitrogens with two attached hydrogens (primary N) is 1. The standard InChI is InChI=1S/C15H13N3/c16-15-13-9-5-4-8-12(13)14(17-18-15)10-11-6-2-1-3-7-11/h1-9H,10H2,(H2,16,18). The molecule has 0 aliphatic rings. The van der Waals surface area contributed by atoms with Gasteiger partial charge < -0.3 is 5.73 Å². The van der Waals surface area contributed by atoms with Crippen molar-refractivity contribution in [2.24, 2.45) is 0 Å². The molecule has 3 aromatic rings. The first kappa shape index (κ1) is 10.7. The predicted octanol–water partition coefficient (Wildman–Crippen LogP) is 2.80. The Hall–Kier alpha value is -2.42. The van der Waals surface area contributed by atoms with Crippen molar-refractivity contribution >= 4 is 16.6 Å². The Morgan fingerprint density at radius 2 is 1.44 bits per heavy atom. The van der Waals surface area contributed by atoms with Gasteiger partial charge in [0.1, 0.15) is 0 Å². The molecule has 0 bridgehead atoms. The third-order valence-electron chi connectivity index (χ3n) is 3.01. The minimum Gasteiger partial charge on any atom is -0.382 e. The van der Waals surface area contributed by atoms with E-state index in [1.165, 1.54) is 5.56 Å².